The summed E-state index contributed by atoms with van der Waals surface area (Å²) in [5.74, 6) is 1.55. The van der Waals surface area contributed by atoms with Crippen molar-refractivity contribution in [1.29, 1.82) is 0 Å². The van der Waals surface area contributed by atoms with Crippen molar-refractivity contribution in [3.63, 3.8) is 0 Å². The minimum absolute atomic E-state index is 0.0833. The molecular weight excluding hydrogens is 398 g/mol. The number of benzene rings is 2. The van der Waals surface area contributed by atoms with E-state index in [1.165, 1.54) is 11.3 Å². The highest BCUT2D eigenvalue weighted by Crippen LogP contribution is 2.43. The van der Waals surface area contributed by atoms with Crippen LogP contribution in [0.4, 0.5) is 10.9 Å². The molecule has 0 saturated heterocycles. The van der Waals surface area contributed by atoms with E-state index in [1.54, 1.807) is 7.11 Å². The Bertz CT molecular complexity index is 1040. The zero-order valence-corrected chi connectivity index (χ0v) is 16.6. The number of carbonyl (C=O) groups excluding carboxylic acids is 1. The summed E-state index contributed by atoms with van der Waals surface area (Å²) >= 11 is 7.43. The van der Waals surface area contributed by atoms with E-state index in [4.69, 9.17) is 26.8 Å². The number of thiazole rings is 1. The second kappa shape index (κ2) is 7.69. The number of nitrogens with zero attached hydrogens (tertiary/aromatic N) is 1. The van der Waals surface area contributed by atoms with Gasteiger partial charge < -0.3 is 20.5 Å². The lowest BCUT2D eigenvalue weighted by atomic mass is 9.91. The van der Waals surface area contributed by atoms with Crippen molar-refractivity contribution in [2.45, 2.75) is 18.9 Å². The van der Waals surface area contributed by atoms with Gasteiger partial charge in [-0.15, -0.1) is 0 Å². The molecular formula is C20H18ClN3O3S. The van der Waals surface area contributed by atoms with E-state index in [-0.39, 0.29) is 11.8 Å². The molecule has 0 aliphatic carbocycles. The van der Waals surface area contributed by atoms with E-state index in [0.717, 1.165) is 16.0 Å². The fourth-order valence-corrected chi connectivity index (χ4v) is 4.35. The van der Waals surface area contributed by atoms with Crippen LogP contribution in [0.5, 0.6) is 11.5 Å². The Labute approximate surface area is 171 Å². The van der Waals surface area contributed by atoms with Gasteiger partial charge in [-0.05, 0) is 35.4 Å². The van der Waals surface area contributed by atoms with Crippen molar-refractivity contribution < 1.29 is 14.3 Å². The number of nitrogens with one attached hydrogen (secondary N) is 1. The van der Waals surface area contributed by atoms with E-state index in [2.05, 4.69) is 10.3 Å². The minimum Gasteiger partial charge on any atom is -0.493 e. The Kier molecular flexibility index (Phi) is 5.11. The number of nitrogens with two attached hydrogens (primary N) is 1. The van der Waals surface area contributed by atoms with Gasteiger partial charge in [0.05, 0.1) is 12.0 Å². The smallest absolute Gasteiger partial charge is 0.226 e. The van der Waals surface area contributed by atoms with Crippen LogP contribution in [-0.4, -0.2) is 18.0 Å². The largest absolute Gasteiger partial charge is 0.493 e. The average molecular weight is 416 g/mol. The fourth-order valence-electron chi connectivity index (χ4n) is 3.22. The number of hydrogen-bond donors (Lipinski definition) is 2. The van der Waals surface area contributed by atoms with E-state index in [0.29, 0.717) is 40.5 Å². The summed E-state index contributed by atoms with van der Waals surface area (Å²) in [6.07, 6.45) is 0.328. The van der Waals surface area contributed by atoms with Gasteiger partial charge >= 0.3 is 0 Å². The second-order valence-corrected chi connectivity index (χ2v) is 7.90. The molecule has 0 fully saturated rings. The Balaban J connectivity index is 1.64. The fraction of sp³-hybridized carbons (Fsp3) is 0.200. The van der Waals surface area contributed by atoms with Crippen LogP contribution in [0.2, 0.25) is 5.02 Å². The predicted molar refractivity (Wildman–Crippen MR) is 110 cm³/mol. The minimum atomic E-state index is -0.127. The van der Waals surface area contributed by atoms with Gasteiger partial charge in [0.15, 0.2) is 16.6 Å². The van der Waals surface area contributed by atoms with Crippen molar-refractivity contribution in [3.05, 3.63) is 63.5 Å². The Morgan fingerprint density at radius 3 is 2.93 bits per heavy atom. The number of halogens is 1. The number of rotatable bonds is 5. The molecule has 0 radical (unpaired) electrons. The van der Waals surface area contributed by atoms with Gasteiger partial charge in [0, 0.05) is 17.4 Å². The molecule has 1 aromatic heterocycles. The number of amides is 1. The molecule has 6 nitrogen and oxygen atoms in total. The first-order valence-corrected chi connectivity index (χ1v) is 9.84. The monoisotopic (exact) mass is 415 g/mol. The van der Waals surface area contributed by atoms with Gasteiger partial charge in [-0.3, -0.25) is 4.79 Å². The maximum atomic E-state index is 12.1. The molecule has 1 atom stereocenters. The van der Waals surface area contributed by atoms with Crippen molar-refractivity contribution in [2.75, 3.05) is 18.2 Å². The number of ether oxygens (including phenoxy) is 2. The van der Waals surface area contributed by atoms with E-state index >= 15 is 0 Å². The number of methoxy groups -OCH3 is 1. The zero-order valence-electron chi connectivity index (χ0n) is 15.1. The third kappa shape index (κ3) is 3.76. The van der Waals surface area contributed by atoms with Crippen LogP contribution in [0.25, 0.3) is 0 Å². The maximum absolute atomic E-state index is 12.1. The maximum Gasteiger partial charge on any atom is 0.226 e. The molecule has 0 spiro atoms. The molecule has 0 saturated carbocycles. The van der Waals surface area contributed by atoms with Crippen molar-refractivity contribution >= 4 is 39.8 Å². The molecule has 1 aliphatic heterocycles. The summed E-state index contributed by atoms with van der Waals surface area (Å²) < 4.78 is 11.4. The SMILES string of the molecule is COc1ccc([C@H]2CC(=O)Nc3nc(N)sc32)cc1OCc1cccc(Cl)c1. The Hall–Kier alpha value is -2.77. The topological polar surface area (TPSA) is 86.5 Å². The molecule has 4 rings (SSSR count). The molecule has 3 N–H and O–H groups in total. The summed E-state index contributed by atoms with van der Waals surface area (Å²) in [6, 6.07) is 13.2. The third-order valence-corrected chi connectivity index (χ3v) is 5.74. The lowest BCUT2D eigenvalue weighted by Gasteiger charge is -2.22. The Morgan fingerprint density at radius 1 is 1.29 bits per heavy atom. The number of aromatic nitrogens is 1. The average Bonchev–Trinajstić information content (AvgIpc) is 3.05. The standard InChI is InChI=1S/C20H18ClN3O3S/c1-26-15-6-5-12(8-16(15)27-10-11-3-2-4-13(21)7-11)14-9-17(25)23-19-18(14)28-20(22)24-19/h2-8,14H,9-10H2,1H3,(H2,22,24)(H,23,25)/t14-/m1/s1. The first-order valence-electron chi connectivity index (χ1n) is 8.64. The summed E-state index contributed by atoms with van der Waals surface area (Å²) in [4.78, 5) is 17.3. The molecule has 8 heteroatoms. The van der Waals surface area contributed by atoms with Gasteiger partial charge in [-0.1, -0.05) is 41.1 Å². The van der Waals surface area contributed by atoms with Crippen LogP contribution in [0.15, 0.2) is 42.5 Å². The quantitative estimate of drug-likeness (QED) is 0.643. The molecule has 2 heterocycles. The first-order chi connectivity index (χ1) is 13.5. The third-order valence-electron chi connectivity index (χ3n) is 4.51. The summed E-state index contributed by atoms with van der Waals surface area (Å²) in [7, 11) is 1.59. The van der Waals surface area contributed by atoms with Crippen LogP contribution in [0.3, 0.4) is 0 Å². The van der Waals surface area contributed by atoms with Crippen molar-refractivity contribution in [2.24, 2.45) is 0 Å². The van der Waals surface area contributed by atoms with Crippen LogP contribution < -0.4 is 20.5 Å². The van der Waals surface area contributed by atoms with Gasteiger partial charge in [0.2, 0.25) is 5.91 Å². The summed E-state index contributed by atoms with van der Waals surface area (Å²) in [5.41, 5.74) is 7.74. The van der Waals surface area contributed by atoms with E-state index < -0.39 is 0 Å². The Morgan fingerprint density at radius 2 is 2.14 bits per heavy atom. The number of nitrogen functional groups attached to an aromatic ring is 1. The molecule has 144 valence electrons. The number of carbonyl (C=O) groups is 1. The van der Waals surface area contributed by atoms with Gasteiger partial charge in [-0.2, -0.15) is 0 Å². The van der Waals surface area contributed by atoms with E-state index in [9.17, 15) is 4.79 Å². The lowest BCUT2D eigenvalue weighted by Crippen LogP contribution is -2.22. The van der Waals surface area contributed by atoms with Gasteiger partial charge in [0.1, 0.15) is 12.4 Å². The lowest BCUT2D eigenvalue weighted by molar-refractivity contribution is -0.116. The molecule has 0 bridgehead atoms. The zero-order chi connectivity index (χ0) is 19.7. The van der Waals surface area contributed by atoms with Crippen molar-refractivity contribution in [1.82, 2.24) is 4.98 Å². The van der Waals surface area contributed by atoms with Crippen LogP contribution in [0, 0.1) is 0 Å². The normalized spacial score (nSPS) is 15.6. The number of hydrogen-bond acceptors (Lipinski definition) is 6. The second-order valence-electron chi connectivity index (χ2n) is 6.40. The van der Waals surface area contributed by atoms with Crippen molar-refractivity contribution in [3.8, 4) is 11.5 Å². The van der Waals surface area contributed by atoms with Gasteiger partial charge in [-0.25, -0.2) is 4.98 Å². The first kappa shape index (κ1) is 18.6. The van der Waals surface area contributed by atoms with Gasteiger partial charge in [0.25, 0.3) is 0 Å². The molecule has 0 unspecified atom stereocenters. The number of anilines is 2. The molecule has 3 aromatic rings. The molecule has 1 amide bonds. The summed E-state index contributed by atoms with van der Waals surface area (Å²) in [6.45, 7) is 0.351. The number of fused-ring (bicyclic) bond motifs is 1. The van der Waals surface area contributed by atoms with E-state index in [1.807, 2.05) is 42.5 Å². The van der Waals surface area contributed by atoms with Crippen LogP contribution >= 0.6 is 22.9 Å². The van der Waals surface area contributed by atoms with Crippen LogP contribution in [0.1, 0.15) is 28.3 Å². The highest BCUT2D eigenvalue weighted by atomic mass is 35.5. The molecule has 28 heavy (non-hydrogen) atoms. The molecule has 1 aliphatic rings. The summed E-state index contributed by atoms with van der Waals surface area (Å²) in [5, 5.41) is 3.87. The highest BCUT2D eigenvalue weighted by molar-refractivity contribution is 7.16. The molecule has 2 aromatic carbocycles. The van der Waals surface area contributed by atoms with Crippen LogP contribution in [-0.2, 0) is 11.4 Å². The predicted octanol–water partition coefficient (Wildman–Crippen LogP) is 4.44. The highest BCUT2D eigenvalue weighted by Gasteiger charge is 2.30.